The maximum Gasteiger partial charge on any atom is 0.139 e. The summed E-state index contributed by atoms with van der Waals surface area (Å²) in [5.74, 6) is 0.425. The summed E-state index contributed by atoms with van der Waals surface area (Å²) < 4.78 is 13.5. The van der Waals surface area contributed by atoms with E-state index in [0.29, 0.717) is 12.5 Å². The molecular weight excluding hydrogens is 301 g/mol. The average molecular weight is 324 g/mol. The van der Waals surface area contributed by atoms with Gasteiger partial charge < -0.3 is 15.5 Å². The first kappa shape index (κ1) is 15.5. The van der Waals surface area contributed by atoms with Crippen LogP contribution in [0.5, 0.6) is 0 Å². The topological polar surface area (TPSA) is 27.3 Å². The molecule has 2 N–H and O–H groups in total. The molecule has 2 aliphatic heterocycles. The average Bonchev–Trinajstić information content (AvgIpc) is 2.98. The number of halogens is 1. The van der Waals surface area contributed by atoms with Crippen LogP contribution in [0.3, 0.4) is 0 Å². The molecule has 0 amide bonds. The Kier molecular flexibility index (Phi) is 4.15. The van der Waals surface area contributed by atoms with Crippen molar-refractivity contribution in [3.63, 3.8) is 0 Å². The molecular formula is C20H23FN3. The van der Waals surface area contributed by atoms with Crippen molar-refractivity contribution < 1.29 is 4.39 Å². The predicted octanol–water partition coefficient (Wildman–Crippen LogP) is 4.15. The molecule has 2 aromatic rings. The number of nitrogens with zero attached hydrogens (tertiary/aromatic N) is 1. The second-order valence-electron chi connectivity index (χ2n) is 6.80. The lowest BCUT2D eigenvalue weighted by atomic mass is 9.87. The van der Waals surface area contributed by atoms with Gasteiger partial charge in [-0.05, 0) is 73.7 Å². The van der Waals surface area contributed by atoms with E-state index in [1.165, 1.54) is 41.4 Å². The van der Waals surface area contributed by atoms with Gasteiger partial charge >= 0.3 is 0 Å². The number of benzene rings is 2. The summed E-state index contributed by atoms with van der Waals surface area (Å²) >= 11 is 0. The first-order chi connectivity index (χ1) is 11.7. The van der Waals surface area contributed by atoms with Gasteiger partial charge in [0.25, 0.3) is 0 Å². The van der Waals surface area contributed by atoms with Crippen molar-refractivity contribution in [3.05, 3.63) is 65.6 Å². The quantitative estimate of drug-likeness (QED) is 0.888. The van der Waals surface area contributed by atoms with Crippen LogP contribution in [-0.4, -0.2) is 13.1 Å². The van der Waals surface area contributed by atoms with Gasteiger partial charge in [0.15, 0.2) is 0 Å². The third-order valence-corrected chi connectivity index (χ3v) is 4.99. The highest BCUT2D eigenvalue weighted by molar-refractivity contribution is 5.81. The number of piperidine rings is 1. The van der Waals surface area contributed by atoms with Crippen LogP contribution in [0.2, 0.25) is 0 Å². The SMILES string of the molecule is Cc1cc(C2CCNCC2)c2c(c1)N(Cc1cccc(F)c1)[CH]N2. The van der Waals surface area contributed by atoms with Gasteiger partial charge in [0.2, 0.25) is 0 Å². The van der Waals surface area contributed by atoms with Gasteiger partial charge in [-0.25, -0.2) is 4.39 Å². The summed E-state index contributed by atoms with van der Waals surface area (Å²) in [5.41, 5.74) is 6.11. The minimum atomic E-state index is -0.181. The molecule has 24 heavy (non-hydrogen) atoms. The Morgan fingerprint density at radius 3 is 2.79 bits per heavy atom. The van der Waals surface area contributed by atoms with E-state index in [1.54, 1.807) is 12.1 Å². The number of rotatable bonds is 3. The zero-order valence-electron chi connectivity index (χ0n) is 14.0. The molecule has 125 valence electrons. The summed E-state index contributed by atoms with van der Waals surface area (Å²) in [7, 11) is 0. The van der Waals surface area contributed by atoms with Crippen LogP contribution < -0.4 is 15.5 Å². The maximum atomic E-state index is 13.5. The Balaban J connectivity index is 1.64. The van der Waals surface area contributed by atoms with E-state index in [2.05, 4.69) is 34.6 Å². The van der Waals surface area contributed by atoms with Crippen molar-refractivity contribution in [1.29, 1.82) is 0 Å². The summed E-state index contributed by atoms with van der Waals surface area (Å²) in [6.45, 7) is 7.02. The van der Waals surface area contributed by atoms with Crippen LogP contribution >= 0.6 is 0 Å². The minimum Gasteiger partial charge on any atom is -0.360 e. The maximum absolute atomic E-state index is 13.5. The molecule has 4 heteroatoms. The van der Waals surface area contributed by atoms with Crippen molar-refractivity contribution in [2.75, 3.05) is 23.3 Å². The third-order valence-electron chi connectivity index (χ3n) is 4.99. The molecule has 0 bridgehead atoms. The van der Waals surface area contributed by atoms with Crippen LogP contribution in [-0.2, 0) is 6.54 Å². The zero-order valence-corrected chi connectivity index (χ0v) is 14.0. The molecule has 0 spiro atoms. The van der Waals surface area contributed by atoms with Crippen LogP contribution in [0.1, 0.15) is 35.4 Å². The third kappa shape index (κ3) is 2.98. The van der Waals surface area contributed by atoms with E-state index in [0.717, 1.165) is 18.7 Å². The van der Waals surface area contributed by atoms with E-state index < -0.39 is 0 Å². The van der Waals surface area contributed by atoms with E-state index in [9.17, 15) is 4.39 Å². The molecule has 2 aromatic carbocycles. The molecule has 2 aliphatic rings. The summed E-state index contributed by atoms with van der Waals surface area (Å²) in [5, 5.41) is 6.90. The Morgan fingerprint density at radius 1 is 1.17 bits per heavy atom. The Labute approximate surface area is 142 Å². The molecule has 0 aliphatic carbocycles. The van der Waals surface area contributed by atoms with Crippen LogP contribution in [0, 0.1) is 19.4 Å². The highest BCUT2D eigenvalue weighted by Gasteiger charge is 2.27. The van der Waals surface area contributed by atoms with Crippen LogP contribution in [0.4, 0.5) is 15.8 Å². The van der Waals surface area contributed by atoms with Crippen molar-refractivity contribution in [2.45, 2.75) is 32.2 Å². The molecule has 2 heterocycles. The Morgan fingerprint density at radius 2 is 2.00 bits per heavy atom. The number of hydrogen-bond acceptors (Lipinski definition) is 3. The van der Waals surface area contributed by atoms with E-state index in [1.807, 2.05) is 12.7 Å². The molecule has 1 radical (unpaired) electrons. The van der Waals surface area contributed by atoms with Gasteiger partial charge in [0.1, 0.15) is 12.5 Å². The van der Waals surface area contributed by atoms with Crippen LogP contribution in [0.15, 0.2) is 36.4 Å². The van der Waals surface area contributed by atoms with Crippen molar-refractivity contribution in [3.8, 4) is 0 Å². The largest absolute Gasteiger partial charge is 0.360 e. The van der Waals surface area contributed by atoms with Crippen molar-refractivity contribution >= 4 is 11.4 Å². The lowest BCUT2D eigenvalue weighted by molar-refractivity contribution is 0.461. The fourth-order valence-corrected chi connectivity index (χ4v) is 3.81. The smallest absolute Gasteiger partial charge is 0.139 e. The summed E-state index contributed by atoms with van der Waals surface area (Å²) in [6.07, 6.45) is 2.36. The van der Waals surface area contributed by atoms with E-state index >= 15 is 0 Å². The highest BCUT2D eigenvalue weighted by Crippen LogP contribution is 2.43. The molecule has 1 saturated heterocycles. The van der Waals surface area contributed by atoms with Crippen molar-refractivity contribution in [2.24, 2.45) is 0 Å². The Bertz CT molecular complexity index is 738. The van der Waals surface area contributed by atoms with Gasteiger partial charge in [0, 0.05) is 6.54 Å². The van der Waals surface area contributed by atoms with Gasteiger partial charge in [-0.1, -0.05) is 18.2 Å². The van der Waals surface area contributed by atoms with Gasteiger partial charge in [0.05, 0.1) is 11.4 Å². The second kappa shape index (κ2) is 6.44. The number of anilines is 2. The number of hydrogen-bond donors (Lipinski definition) is 2. The number of aryl methyl sites for hydroxylation is 1. The summed E-state index contributed by atoms with van der Waals surface area (Å²) in [4.78, 5) is 2.18. The fourth-order valence-electron chi connectivity index (χ4n) is 3.81. The molecule has 0 unspecified atom stereocenters. The van der Waals surface area contributed by atoms with Crippen LogP contribution in [0.25, 0.3) is 0 Å². The van der Waals surface area contributed by atoms with Gasteiger partial charge in [-0.3, -0.25) is 0 Å². The van der Waals surface area contributed by atoms with E-state index in [-0.39, 0.29) is 5.82 Å². The zero-order chi connectivity index (χ0) is 16.5. The highest BCUT2D eigenvalue weighted by atomic mass is 19.1. The number of fused-ring (bicyclic) bond motifs is 1. The molecule has 0 aromatic heterocycles. The molecule has 1 fully saturated rings. The first-order valence-electron chi connectivity index (χ1n) is 8.67. The minimum absolute atomic E-state index is 0.181. The number of nitrogens with one attached hydrogen (secondary N) is 2. The normalized spacial score (nSPS) is 17.7. The monoisotopic (exact) mass is 324 g/mol. The standard InChI is InChI=1S/C20H23FN3/c1-14-9-18(16-5-7-22-8-6-16)20-19(10-14)24(13-23-20)12-15-3-2-4-17(21)11-15/h2-4,9-11,13,16,22-23H,5-8,12H2,1H3. The molecule has 3 nitrogen and oxygen atoms in total. The van der Waals surface area contributed by atoms with E-state index in [4.69, 9.17) is 0 Å². The molecule has 0 atom stereocenters. The predicted molar refractivity (Wildman–Crippen MR) is 96.5 cm³/mol. The second-order valence-corrected chi connectivity index (χ2v) is 6.80. The Hall–Kier alpha value is -2.07. The lowest BCUT2D eigenvalue weighted by Crippen LogP contribution is -2.26. The first-order valence-corrected chi connectivity index (χ1v) is 8.67. The fraction of sp³-hybridized carbons (Fsp3) is 0.350. The van der Waals surface area contributed by atoms with Gasteiger partial charge in [-0.2, -0.15) is 0 Å². The molecule has 4 rings (SSSR count). The molecule has 0 saturated carbocycles. The van der Waals surface area contributed by atoms with Crippen molar-refractivity contribution in [1.82, 2.24) is 5.32 Å². The van der Waals surface area contributed by atoms with Gasteiger partial charge in [-0.15, -0.1) is 0 Å². The lowest BCUT2D eigenvalue weighted by Gasteiger charge is -2.25. The summed E-state index contributed by atoms with van der Waals surface area (Å²) in [6, 6.07) is 11.4.